The number of likely N-dealkylation sites (tertiary alicyclic amines) is 1. The maximum Gasteiger partial charge on any atom is 0.225 e. The van der Waals surface area contributed by atoms with Crippen LogP contribution >= 0.6 is 24.8 Å². The van der Waals surface area contributed by atoms with Crippen LogP contribution in [0, 0.1) is 0 Å². The Kier molecular flexibility index (Phi) is 12.3. The van der Waals surface area contributed by atoms with Crippen molar-refractivity contribution in [1.82, 2.24) is 14.7 Å². The third-order valence-electron chi connectivity index (χ3n) is 5.53. The minimum atomic E-state index is -0.154. The molecule has 1 amide bonds. The third-order valence-corrected chi connectivity index (χ3v) is 5.53. The van der Waals surface area contributed by atoms with E-state index in [1.165, 1.54) is 12.8 Å². The highest BCUT2D eigenvalue weighted by atomic mass is 35.5. The van der Waals surface area contributed by atoms with Gasteiger partial charge in [0, 0.05) is 65.0 Å². The molecule has 25 heavy (non-hydrogen) atoms. The lowest BCUT2D eigenvalue weighted by Gasteiger charge is -2.37. The molecular formula is C17H36Cl2N4O2. The zero-order chi connectivity index (χ0) is 16.8. The lowest BCUT2D eigenvalue weighted by Crippen LogP contribution is -2.51. The Hall–Kier alpha value is -0.110. The molecule has 0 saturated carbocycles. The summed E-state index contributed by atoms with van der Waals surface area (Å²) in [5.74, 6) is 0.170. The average molecular weight is 399 g/mol. The van der Waals surface area contributed by atoms with E-state index in [0.29, 0.717) is 13.0 Å². The number of carbonyl (C=O) groups excluding carboxylic acids is 1. The standard InChI is InChI=1S/C17H34N4O2.2ClH/c1-14-4-5-15(2)21(14)11-8-19-6-9-20(10-7-19)17(22)12-16(13-18)23-3;;/h14-16H,4-13,18H2,1-3H3;2*1H. The lowest BCUT2D eigenvalue weighted by atomic mass is 10.2. The maximum absolute atomic E-state index is 12.2. The SMILES string of the molecule is COC(CN)CC(=O)N1CCN(CCN2C(C)CCC2C)CC1.Cl.Cl. The summed E-state index contributed by atoms with van der Waals surface area (Å²) in [7, 11) is 1.61. The molecule has 6 nitrogen and oxygen atoms in total. The van der Waals surface area contributed by atoms with Gasteiger partial charge in [-0.05, 0) is 26.7 Å². The first-order chi connectivity index (χ1) is 11.0. The number of hydrogen-bond donors (Lipinski definition) is 1. The fraction of sp³-hybridized carbons (Fsp3) is 0.941. The number of ether oxygens (including phenoxy) is 1. The van der Waals surface area contributed by atoms with Crippen LogP contribution < -0.4 is 5.73 Å². The van der Waals surface area contributed by atoms with Crippen molar-refractivity contribution in [2.24, 2.45) is 5.73 Å². The molecule has 0 aromatic heterocycles. The largest absolute Gasteiger partial charge is 0.380 e. The van der Waals surface area contributed by atoms with E-state index in [1.54, 1.807) is 7.11 Å². The number of nitrogens with two attached hydrogens (primary N) is 1. The number of nitrogens with zero attached hydrogens (tertiary/aromatic N) is 3. The predicted molar refractivity (Wildman–Crippen MR) is 107 cm³/mol. The molecule has 2 heterocycles. The van der Waals surface area contributed by atoms with Crippen molar-refractivity contribution in [3.8, 4) is 0 Å². The predicted octanol–water partition coefficient (Wildman–Crippen LogP) is 1.21. The van der Waals surface area contributed by atoms with Gasteiger partial charge in [-0.15, -0.1) is 24.8 Å². The van der Waals surface area contributed by atoms with Crippen LogP contribution in [0.2, 0.25) is 0 Å². The molecule has 0 radical (unpaired) electrons. The van der Waals surface area contributed by atoms with Gasteiger partial charge in [0.15, 0.2) is 0 Å². The number of methoxy groups -OCH3 is 1. The summed E-state index contributed by atoms with van der Waals surface area (Å²) in [6.07, 6.45) is 2.89. The van der Waals surface area contributed by atoms with Gasteiger partial charge in [0.25, 0.3) is 0 Å². The van der Waals surface area contributed by atoms with Crippen LogP contribution in [0.4, 0.5) is 0 Å². The molecule has 0 bridgehead atoms. The summed E-state index contributed by atoms with van der Waals surface area (Å²) >= 11 is 0. The van der Waals surface area contributed by atoms with Crippen molar-refractivity contribution in [2.75, 3.05) is 52.9 Å². The molecule has 150 valence electrons. The van der Waals surface area contributed by atoms with Crippen molar-refractivity contribution < 1.29 is 9.53 Å². The molecule has 0 spiro atoms. The van der Waals surface area contributed by atoms with Gasteiger partial charge in [0.2, 0.25) is 5.91 Å². The number of carbonyl (C=O) groups is 1. The number of amides is 1. The third kappa shape index (κ3) is 7.19. The van der Waals surface area contributed by atoms with Gasteiger partial charge in [-0.3, -0.25) is 14.6 Å². The monoisotopic (exact) mass is 398 g/mol. The van der Waals surface area contributed by atoms with E-state index < -0.39 is 0 Å². The van der Waals surface area contributed by atoms with E-state index in [9.17, 15) is 4.79 Å². The minimum absolute atomic E-state index is 0. The Balaban J connectivity index is 0.00000288. The minimum Gasteiger partial charge on any atom is -0.380 e. The van der Waals surface area contributed by atoms with Gasteiger partial charge in [0.05, 0.1) is 12.5 Å². The summed E-state index contributed by atoms with van der Waals surface area (Å²) in [4.78, 5) is 19.3. The Bertz CT molecular complexity index is 368. The zero-order valence-corrected chi connectivity index (χ0v) is 17.5. The molecule has 2 N–H and O–H groups in total. The highest BCUT2D eigenvalue weighted by Gasteiger charge is 2.28. The van der Waals surface area contributed by atoms with Crippen LogP contribution in [0.3, 0.4) is 0 Å². The fourth-order valence-electron chi connectivity index (χ4n) is 3.75. The second-order valence-corrected chi connectivity index (χ2v) is 7.03. The Morgan fingerprint density at radius 2 is 1.64 bits per heavy atom. The molecule has 3 atom stereocenters. The van der Waals surface area contributed by atoms with E-state index in [-0.39, 0.29) is 36.8 Å². The Morgan fingerprint density at radius 1 is 1.08 bits per heavy atom. The fourth-order valence-corrected chi connectivity index (χ4v) is 3.75. The number of rotatable bonds is 7. The van der Waals surface area contributed by atoms with Gasteiger partial charge in [-0.1, -0.05) is 0 Å². The van der Waals surface area contributed by atoms with Gasteiger partial charge >= 0.3 is 0 Å². The van der Waals surface area contributed by atoms with Gasteiger partial charge in [-0.2, -0.15) is 0 Å². The molecule has 0 aromatic carbocycles. The molecular weight excluding hydrogens is 363 g/mol. The van der Waals surface area contributed by atoms with E-state index in [2.05, 4.69) is 23.6 Å². The Labute approximate surface area is 165 Å². The van der Waals surface area contributed by atoms with Crippen LogP contribution in [-0.4, -0.2) is 91.7 Å². The van der Waals surface area contributed by atoms with Crippen molar-refractivity contribution in [2.45, 2.75) is 51.3 Å². The molecule has 2 fully saturated rings. The molecule has 0 aliphatic carbocycles. The average Bonchev–Trinajstić information content (AvgIpc) is 2.89. The van der Waals surface area contributed by atoms with Crippen LogP contribution in [0.1, 0.15) is 33.1 Å². The topological polar surface area (TPSA) is 62.0 Å². The first-order valence-corrected chi connectivity index (χ1v) is 9.03. The summed E-state index contributed by atoms with van der Waals surface area (Å²) in [6.45, 7) is 10.9. The first kappa shape index (κ1) is 24.9. The normalized spacial score (nSPS) is 26.0. The smallest absolute Gasteiger partial charge is 0.225 e. The van der Waals surface area contributed by atoms with Crippen LogP contribution in [0.15, 0.2) is 0 Å². The number of halogens is 2. The van der Waals surface area contributed by atoms with Crippen LogP contribution in [-0.2, 0) is 9.53 Å². The second kappa shape index (κ2) is 12.3. The molecule has 8 heteroatoms. The quantitative estimate of drug-likeness (QED) is 0.698. The van der Waals surface area contributed by atoms with Crippen molar-refractivity contribution in [1.29, 1.82) is 0 Å². The summed E-state index contributed by atoms with van der Waals surface area (Å²) in [6, 6.07) is 1.44. The zero-order valence-electron chi connectivity index (χ0n) is 15.9. The highest BCUT2D eigenvalue weighted by Crippen LogP contribution is 2.22. The first-order valence-electron chi connectivity index (χ1n) is 9.03. The molecule has 2 aliphatic rings. The van der Waals surface area contributed by atoms with Gasteiger partial charge < -0.3 is 15.4 Å². The molecule has 0 aromatic rings. The summed E-state index contributed by atoms with van der Waals surface area (Å²) in [5, 5.41) is 0. The number of hydrogen-bond acceptors (Lipinski definition) is 5. The molecule has 2 rings (SSSR count). The molecule has 3 unspecified atom stereocenters. The van der Waals surface area contributed by atoms with Gasteiger partial charge in [-0.25, -0.2) is 0 Å². The van der Waals surface area contributed by atoms with Crippen molar-refractivity contribution in [3.05, 3.63) is 0 Å². The highest BCUT2D eigenvalue weighted by molar-refractivity contribution is 5.85. The van der Waals surface area contributed by atoms with E-state index in [0.717, 1.165) is 51.4 Å². The van der Waals surface area contributed by atoms with Crippen LogP contribution in [0.5, 0.6) is 0 Å². The summed E-state index contributed by atoms with van der Waals surface area (Å²) in [5.41, 5.74) is 5.60. The summed E-state index contributed by atoms with van der Waals surface area (Å²) < 4.78 is 5.21. The Morgan fingerprint density at radius 3 is 2.12 bits per heavy atom. The lowest BCUT2D eigenvalue weighted by molar-refractivity contribution is -0.135. The molecule has 2 aliphatic heterocycles. The second-order valence-electron chi connectivity index (χ2n) is 7.03. The van der Waals surface area contributed by atoms with Gasteiger partial charge in [0.1, 0.15) is 0 Å². The van der Waals surface area contributed by atoms with Crippen LogP contribution in [0.25, 0.3) is 0 Å². The molecule has 2 saturated heterocycles. The van der Waals surface area contributed by atoms with Crippen molar-refractivity contribution >= 4 is 30.7 Å². The van der Waals surface area contributed by atoms with E-state index in [1.807, 2.05) is 4.90 Å². The van der Waals surface area contributed by atoms with E-state index in [4.69, 9.17) is 10.5 Å². The maximum atomic E-state index is 12.2. The van der Waals surface area contributed by atoms with Crippen molar-refractivity contribution in [3.63, 3.8) is 0 Å². The number of piperazine rings is 1. The van der Waals surface area contributed by atoms with E-state index >= 15 is 0 Å².